The van der Waals surface area contributed by atoms with Gasteiger partial charge in [-0.2, -0.15) is 4.31 Å². The summed E-state index contributed by atoms with van der Waals surface area (Å²) >= 11 is 6.66. The van der Waals surface area contributed by atoms with Crippen LogP contribution in [0, 0.1) is 12.7 Å². The summed E-state index contributed by atoms with van der Waals surface area (Å²) in [6.07, 6.45) is 0. The van der Waals surface area contributed by atoms with Crippen molar-refractivity contribution in [2.45, 2.75) is 11.1 Å². The van der Waals surface area contributed by atoms with Crippen molar-refractivity contribution in [3.8, 4) is 0 Å². The highest BCUT2D eigenvalue weighted by Gasteiger charge is 2.24. The molecule has 0 radical (unpaired) electrons. The first-order chi connectivity index (χ1) is 10.7. The van der Waals surface area contributed by atoms with Crippen molar-refractivity contribution in [3.63, 3.8) is 0 Å². The van der Waals surface area contributed by atoms with E-state index in [0.29, 0.717) is 15.6 Å². The predicted octanol–water partition coefficient (Wildman–Crippen LogP) is 3.11. The Hall–Kier alpha value is -1.48. The number of likely N-dealkylation sites (N-methyl/N-ethyl adjacent to an activating group) is 1. The highest BCUT2D eigenvalue weighted by atomic mass is 35.5. The zero-order valence-electron chi connectivity index (χ0n) is 12.3. The fourth-order valence-corrected chi connectivity index (χ4v) is 4.65. The molecule has 9 heteroatoms. The highest BCUT2D eigenvalue weighted by molar-refractivity contribution is 7.91. The number of nitrogens with zero attached hydrogens (tertiary/aromatic N) is 1. The van der Waals surface area contributed by atoms with Crippen molar-refractivity contribution in [1.82, 2.24) is 4.31 Å². The molecule has 1 N–H and O–H groups in total. The Bertz CT molecular complexity index is 836. The van der Waals surface area contributed by atoms with Gasteiger partial charge in [0.15, 0.2) is 0 Å². The summed E-state index contributed by atoms with van der Waals surface area (Å²) in [4.78, 5) is 12.0. The van der Waals surface area contributed by atoms with Gasteiger partial charge in [0.1, 0.15) is 10.0 Å². The van der Waals surface area contributed by atoms with E-state index in [2.05, 4.69) is 5.32 Å². The smallest absolute Gasteiger partial charge is 0.252 e. The molecule has 1 heterocycles. The number of sulfonamides is 1. The number of anilines is 1. The molecule has 0 bridgehead atoms. The average Bonchev–Trinajstić information content (AvgIpc) is 2.89. The Labute approximate surface area is 142 Å². The lowest BCUT2D eigenvalue weighted by molar-refractivity contribution is -0.116. The number of amides is 1. The molecule has 0 atom stereocenters. The summed E-state index contributed by atoms with van der Waals surface area (Å²) in [5.41, 5.74) is 0.982. The summed E-state index contributed by atoms with van der Waals surface area (Å²) in [7, 11) is -2.47. The molecule has 5 nitrogen and oxygen atoms in total. The van der Waals surface area contributed by atoms with Gasteiger partial charge in [-0.1, -0.05) is 11.6 Å². The lowest BCUT2D eigenvalue weighted by atomic mass is 10.2. The van der Waals surface area contributed by atoms with E-state index in [1.54, 1.807) is 6.92 Å². The molecule has 0 aliphatic heterocycles. The standard InChI is InChI=1S/C14H14ClFN2O3S2/c1-9-7-10(16)3-4-11(9)17-13(19)8-18(2)23(20,21)14-6-5-12(15)22-14/h3-7H,8H2,1-2H3,(H,17,19). The third kappa shape index (κ3) is 4.29. The first kappa shape index (κ1) is 17.9. The second-order valence-electron chi connectivity index (χ2n) is 4.83. The first-order valence-electron chi connectivity index (χ1n) is 6.48. The summed E-state index contributed by atoms with van der Waals surface area (Å²) in [6.45, 7) is 1.28. The molecule has 124 valence electrons. The van der Waals surface area contributed by atoms with Gasteiger partial charge < -0.3 is 5.32 Å². The van der Waals surface area contributed by atoms with Gasteiger partial charge >= 0.3 is 0 Å². The molecular weight excluding hydrogens is 363 g/mol. The van der Waals surface area contributed by atoms with Crippen LogP contribution in [-0.2, 0) is 14.8 Å². The molecule has 0 unspecified atom stereocenters. The zero-order valence-corrected chi connectivity index (χ0v) is 14.7. The molecule has 0 fully saturated rings. The van der Waals surface area contributed by atoms with Crippen molar-refractivity contribution in [2.24, 2.45) is 0 Å². The summed E-state index contributed by atoms with van der Waals surface area (Å²) in [5.74, 6) is -0.928. The van der Waals surface area contributed by atoms with Crippen LogP contribution in [-0.4, -0.2) is 32.2 Å². The number of rotatable bonds is 5. The van der Waals surface area contributed by atoms with E-state index in [0.717, 1.165) is 15.6 Å². The molecule has 2 aromatic rings. The van der Waals surface area contributed by atoms with Gasteiger partial charge in [-0.05, 0) is 42.8 Å². The van der Waals surface area contributed by atoms with Crippen LogP contribution >= 0.6 is 22.9 Å². The maximum Gasteiger partial charge on any atom is 0.252 e. The van der Waals surface area contributed by atoms with Gasteiger partial charge in [0.25, 0.3) is 10.0 Å². The predicted molar refractivity (Wildman–Crippen MR) is 88.9 cm³/mol. The van der Waals surface area contributed by atoms with Crippen molar-refractivity contribution in [3.05, 3.63) is 46.0 Å². The normalized spacial score (nSPS) is 11.7. The van der Waals surface area contributed by atoms with Crippen LogP contribution in [0.2, 0.25) is 4.34 Å². The topological polar surface area (TPSA) is 66.5 Å². The lowest BCUT2D eigenvalue weighted by Gasteiger charge is -2.16. The SMILES string of the molecule is Cc1cc(F)ccc1NC(=O)CN(C)S(=O)(=O)c1ccc(Cl)s1. The number of hydrogen-bond donors (Lipinski definition) is 1. The zero-order chi connectivity index (χ0) is 17.2. The van der Waals surface area contributed by atoms with Crippen LogP contribution in [0.4, 0.5) is 10.1 Å². The quantitative estimate of drug-likeness (QED) is 0.871. The third-order valence-corrected chi connectivity index (χ3v) is 6.54. The van der Waals surface area contributed by atoms with Crippen molar-refractivity contribution in [1.29, 1.82) is 0 Å². The van der Waals surface area contributed by atoms with Crippen LogP contribution in [0.5, 0.6) is 0 Å². The van der Waals surface area contributed by atoms with Gasteiger partial charge in [-0.3, -0.25) is 4.79 Å². The van der Waals surface area contributed by atoms with Gasteiger partial charge in [0.2, 0.25) is 5.91 Å². The minimum Gasteiger partial charge on any atom is -0.325 e. The van der Waals surface area contributed by atoms with Crippen LogP contribution in [0.25, 0.3) is 0 Å². The molecule has 0 aliphatic carbocycles. The molecule has 1 amide bonds. The van der Waals surface area contributed by atoms with E-state index in [1.165, 1.54) is 37.4 Å². The van der Waals surface area contributed by atoms with E-state index in [4.69, 9.17) is 11.6 Å². The molecule has 0 saturated carbocycles. The Balaban J connectivity index is 2.07. The van der Waals surface area contributed by atoms with E-state index in [-0.39, 0.29) is 10.8 Å². The van der Waals surface area contributed by atoms with E-state index >= 15 is 0 Å². The van der Waals surface area contributed by atoms with Gasteiger partial charge in [-0.25, -0.2) is 12.8 Å². The fraction of sp³-hybridized carbons (Fsp3) is 0.214. The minimum absolute atomic E-state index is 0.0655. The average molecular weight is 377 g/mol. The summed E-state index contributed by atoms with van der Waals surface area (Å²) in [6, 6.07) is 6.80. The van der Waals surface area contributed by atoms with Crippen molar-refractivity contribution in [2.75, 3.05) is 18.9 Å². The monoisotopic (exact) mass is 376 g/mol. The Morgan fingerprint density at radius 1 is 1.35 bits per heavy atom. The summed E-state index contributed by atoms with van der Waals surface area (Å²) < 4.78 is 39.0. The molecule has 1 aromatic heterocycles. The molecule has 0 spiro atoms. The van der Waals surface area contributed by atoms with E-state index in [9.17, 15) is 17.6 Å². The number of carbonyl (C=O) groups excluding carboxylic acids is 1. The molecule has 23 heavy (non-hydrogen) atoms. The number of nitrogens with one attached hydrogen (secondary N) is 1. The maximum absolute atomic E-state index is 13.0. The number of halogens is 2. The molecule has 1 aromatic carbocycles. The second-order valence-corrected chi connectivity index (χ2v) is 8.81. The largest absolute Gasteiger partial charge is 0.325 e. The third-order valence-electron chi connectivity index (χ3n) is 3.04. The first-order valence-corrected chi connectivity index (χ1v) is 9.11. The van der Waals surface area contributed by atoms with Crippen LogP contribution in [0.15, 0.2) is 34.5 Å². The molecular formula is C14H14ClFN2O3S2. The number of benzene rings is 1. The molecule has 0 aliphatic rings. The lowest BCUT2D eigenvalue weighted by Crippen LogP contribution is -2.34. The van der Waals surface area contributed by atoms with Crippen LogP contribution < -0.4 is 5.32 Å². The summed E-state index contributed by atoms with van der Waals surface area (Å²) in [5, 5.41) is 2.56. The van der Waals surface area contributed by atoms with Gasteiger partial charge in [-0.15, -0.1) is 11.3 Å². The van der Waals surface area contributed by atoms with Crippen molar-refractivity contribution >= 4 is 44.6 Å². The van der Waals surface area contributed by atoms with Gasteiger partial charge in [0, 0.05) is 12.7 Å². The second kappa shape index (κ2) is 6.96. The number of thiophene rings is 1. The highest BCUT2D eigenvalue weighted by Crippen LogP contribution is 2.27. The van der Waals surface area contributed by atoms with Gasteiger partial charge in [0.05, 0.1) is 10.9 Å². The van der Waals surface area contributed by atoms with Crippen LogP contribution in [0.1, 0.15) is 5.56 Å². The number of carbonyl (C=O) groups is 1. The Morgan fingerprint density at radius 2 is 2.04 bits per heavy atom. The van der Waals surface area contributed by atoms with E-state index < -0.39 is 21.7 Å². The molecule has 0 saturated heterocycles. The van der Waals surface area contributed by atoms with Crippen molar-refractivity contribution < 1.29 is 17.6 Å². The maximum atomic E-state index is 13.0. The van der Waals surface area contributed by atoms with Crippen LogP contribution in [0.3, 0.4) is 0 Å². The fourth-order valence-electron chi connectivity index (χ4n) is 1.83. The Morgan fingerprint density at radius 3 is 2.61 bits per heavy atom. The minimum atomic E-state index is -3.78. The van der Waals surface area contributed by atoms with E-state index in [1.807, 2.05) is 0 Å². The number of aryl methyl sites for hydroxylation is 1. The molecule has 2 rings (SSSR count). The Kier molecular flexibility index (Phi) is 5.41. The number of hydrogen-bond acceptors (Lipinski definition) is 4.